The second kappa shape index (κ2) is 8.57. The van der Waals surface area contributed by atoms with Gasteiger partial charge < -0.3 is 9.88 Å². The lowest BCUT2D eigenvalue weighted by Crippen LogP contribution is -2.64. The highest BCUT2D eigenvalue weighted by atomic mass is 16.2. The molecule has 7 nitrogen and oxygen atoms in total. The number of piperidine rings is 2. The maximum Gasteiger partial charge on any atom is 0.323 e. The topological polar surface area (TPSA) is 70.5 Å². The Morgan fingerprint density at radius 1 is 0.944 bits per heavy atom. The molecule has 1 aromatic heterocycles. The largest absolute Gasteiger partial charge is 0.336 e. The number of fused-ring (bicyclic) bond motifs is 5. The van der Waals surface area contributed by atoms with Crippen molar-refractivity contribution >= 4 is 22.9 Å². The standard InChI is InChI=1S/C29H39N5O2/c1-29-11-5-8-21(34(29)22-15-19-6-4-7-20(14-19)16-22)17-23(18-29)33-25-10-3-2-9-24(25)31-26(27(33)35)32-13-12-30-28(32)36/h2-3,9-10,19-23H,4-8,11-18H2,1H3,(H,30,36)/t19-,20?,21-,22?,23+,29+/m0/s1. The summed E-state index contributed by atoms with van der Waals surface area (Å²) in [7, 11) is 0. The number of nitrogens with one attached hydrogen (secondary N) is 1. The Morgan fingerprint density at radius 3 is 2.50 bits per heavy atom. The van der Waals surface area contributed by atoms with Gasteiger partial charge in [0.1, 0.15) is 0 Å². The second-order valence-corrected chi connectivity index (χ2v) is 12.6. The van der Waals surface area contributed by atoms with Crippen molar-refractivity contribution in [2.45, 2.75) is 101 Å². The van der Waals surface area contributed by atoms with Crippen LogP contribution in [0.15, 0.2) is 29.1 Å². The first kappa shape index (κ1) is 22.8. The SMILES string of the molecule is C[C@@]12CCC[C@@H](C[C@@H](n3c(=O)c(N4CCNC4=O)nc4ccccc43)C1)N2C1CC2CCC[C@@H](C2)C1. The van der Waals surface area contributed by atoms with Crippen molar-refractivity contribution in [2.75, 3.05) is 18.0 Å². The Bertz CT molecular complexity index is 1230. The maximum absolute atomic E-state index is 14.0. The van der Waals surface area contributed by atoms with E-state index in [2.05, 4.69) is 17.1 Å². The molecule has 192 valence electrons. The van der Waals surface area contributed by atoms with Gasteiger partial charge in [0.15, 0.2) is 0 Å². The van der Waals surface area contributed by atoms with Gasteiger partial charge in [0.25, 0.3) is 5.56 Å². The van der Waals surface area contributed by atoms with Gasteiger partial charge in [0.2, 0.25) is 5.82 Å². The molecule has 3 aliphatic heterocycles. The van der Waals surface area contributed by atoms with E-state index in [0.29, 0.717) is 25.2 Å². The van der Waals surface area contributed by atoms with Crippen LogP contribution in [0.25, 0.3) is 11.0 Å². The quantitative estimate of drug-likeness (QED) is 0.670. The first-order chi connectivity index (χ1) is 17.5. The van der Waals surface area contributed by atoms with Crippen LogP contribution in [-0.2, 0) is 0 Å². The van der Waals surface area contributed by atoms with Crippen LogP contribution in [0.1, 0.15) is 83.6 Å². The Morgan fingerprint density at radius 2 is 1.75 bits per heavy atom. The van der Waals surface area contributed by atoms with Crippen LogP contribution in [0.5, 0.6) is 0 Å². The highest BCUT2D eigenvalue weighted by Crippen LogP contribution is 2.51. The normalized spacial score (nSPS) is 36.8. The summed E-state index contributed by atoms with van der Waals surface area (Å²) in [5.74, 6) is 2.12. The van der Waals surface area contributed by atoms with Crippen LogP contribution in [0, 0.1) is 11.8 Å². The Balaban J connectivity index is 1.27. The van der Waals surface area contributed by atoms with E-state index in [1.165, 1.54) is 62.7 Å². The molecular weight excluding hydrogens is 450 g/mol. The number of para-hydroxylation sites is 2. The molecule has 2 aromatic rings. The third-order valence-electron chi connectivity index (χ3n) is 10.2. The van der Waals surface area contributed by atoms with Gasteiger partial charge in [0, 0.05) is 36.8 Å². The van der Waals surface area contributed by atoms with Gasteiger partial charge in [-0.15, -0.1) is 0 Å². The number of hydrogen-bond acceptors (Lipinski definition) is 4. The highest BCUT2D eigenvalue weighted by Gasteiger charge is 2.51. The fraction of sp³-hybridized carbons (Fsp3) is 0.690. The molecule has 2 amide bonds. The van der Waals surface area contributed by atoms with E-state index < -0.39 is 0 Å². The number of amides is 2. The molecule has 7 rings (SSSR count). The Kier molecular flexibility index (Phi) is 5.42. The summed E-state index contributed by atoms with van der Waals surface area (Å²) in [6.07, 6.45) is 14.2. The molecule has 2 aliphatic carbocycles. The smallest absolute Gasteiger partial charge is 0.323 e. The van der Waals surface area contributed by atoms with Gasteiger partial charge in [-0.05, 0) is 75.8 Å². The molecule has 1 aromatic carbocycles. The summed E-state index contributed by atoms with van der Waals surface area (Å²) in [6, 6.07) is 9.12. The van der Waals surface area contributed by atoms with Crippen molar-refractivity contribution in [2.24, 2.45) is 11.8 Å². The molecule has 3 saturated heterocycles. The average molecular weight is 490 g/mol. The van der Waals surface area contributed by atoms with E-state index in [0.717, 1.165) is 35.7 Å². The summed E-state index contributed by atoms with van der Waals surface area (Å²) in [4.78, 5) is 35.7. The molecule has 0 spiro atoms. The highest BCUT2D eigenvalue weighted by molar-refractivity contribution is 5.93. The molecular formula is C29H39N5O2. The molecule has 6 atom stereocenters. The van der Waals surface area contributed by atoms with Gasteiger partial charge in [-0.1, -0.05) is 37.8 Å². The molecule has 36 heavy (non-hydrogen) atoms. The number of anilines is 1. The number of hydrogen-bond donors (Lipinski definition) is 1. The van der Waals surface area contributed by atoms with Crippen LogP contribution in [-0.4, -0.2) is 51.2 Å². The van der Waals surface area contributed by atoms with Crippen molar-refractivity contribution in [3.8, 4) is 0 Å². The third-order valence-corrected chi connectivity index (χ3v) is 10.2. The van der Waals surface area contributed by atoms with Gasteiger partial charge in [0.05, 0.1) is 11.0 Å². The number of urea groups is 1. The summed E-state index contributed by atoms with van der Waals surface area (Å²) < 4.78 is 2.02. The van der Waals surface area contributed by atoms with Gasteiger partial charge in [-0.3, -0.25) is 14.6 Å². The third kappa shape index (κ3) is 3.60. The van der Waals surface area contributed by atoms with E-state index in [9.17, 15) is 9.59 Å². The lowest BCUT2D eigenvalue weighted by molar-refractivity contribution is -0.0982. The summed E-state index contributed by atoms with van der Waals surface area (Å²) in [6.45, 7) is 3.52. The van der Waals surface area contributed by atoms with Crippen molar-refractivity contribution in [1.82, 2.24) is 19.8 Å². The number of rotatable bonds is 3. The number of carbonyl (C=O) groups is 1. The molecule has 5 fully saturated rings. The Labute approximate surface area is 213 Å². The minimum absolute atomic E-state index is 0.113. The average Bonchev–Trinajstić information content (AvgIpc) is 3.28. The van der Waals surface area contributed by atoms with Crippen LogP contribution in [0.2, 0.25) is 0 Å². The monoisotopic (exact) mass is 489 g/mol. The van der Waals surface area contributed by atoms with E-state index >= 15 is 0 Å². The van der Waals surface area contributed by atoms with Crippen molar-refractivity contribution in [1.29, 1.82) is 0 Å². The number of carbonyl (C=O) groups excluding carboxylic acids is 1. The summed E-state index contributed by atoms with van der Waals surface area (Å²) in [5, 5.41) is 2.83. The van der Waals surface area contributed by atoms with Crippen LogP contribution in [0.3, 0.4) is 0 Å². The zero-order valence-electron chi connectivity index (χ0n) is 21.5. The molecule has 1 N–H and O–H groups in total. The van der Waals surface area contributed by atoms with Crippen LogP contribution >= 0.6 is 0 Å². The predicted molar refractivity (Wildman–Crippen MR) is 141 cm³/mol. The molecule has 5 aliphatic rings. The van der Waals surface area contributed by atoms with Crippen LogP contribution < -0.4 is 15.8 Å². The number of nitrogens with zero attached hydrogens (tertiary/aromatic N) is 4. The van der Waals surface area contributed by atoms with Gasteiger partial charge in [-0.25, -0.2) is 9.78 Å². The molecule has 2 saturated carbocycles. The van der Waals surface area contributed by atoms with Crippen molar-refractivity contribution in [3.63, 3.8) is 0 Å². The lowest BCUT2D eigenvalue weighted by Gasteiger charge is -2.60. The fourth-order valence-corrected chi connectivity index (χ4v) is 8.98. The van der Waals surface area contributed by atoms with E-state index in [1.54, 1.807) is 0 Å². The summed E-state index contributed by atoms with van der Waals surface area (Å²) >= 11 is 0. The fourth-order valence-electron chi connectivity index (χ4n) is 8.98. The first-order valence-corrected chi connectivity index (χ1v) is 14.4. The zero-order valence-corrected chi connectivity index (χ0v) is 21.5. The molecule has 4 bridgehead atoms. The molecule has 2 unspecified atom stereocenters. The molecule has 4 heterocycles. The van der Waals surface area contributed by atoms with Crippen molar-refractivity contribution < 1.29 is 4.79 Å². The van der Waals surface area contributed by atoms with Gasteiger partial charge in [-0.2, -0.15) is 0 Å². The maximum atomic E-state index is 14.0. The zero-order chi connectivity index (χ0) is 24.4. The predicted octanol–water partition coefficient (Wildman–Crippen LogP) is 4.84. The van der Waals surface area contributed by atoms with E-state index in [1.807, 2.05) is 28.8 Å². The molecule has 7 heteroatoms. The second-order valence-electron chi connectivity index (χ2n) is 12.6. The lowest BCUT2D eigenvalue weighted by atomic mass is 9.66. The first-order valence-electron chi connectivity index (χ1n) is 14.4. The van der Waals surface area contributed by atoms with Crippen LogP contribution in [0.4, 0.5) is 10.6 Å². The van der Waals surface area contributed by atoms with Gasteiger partial charge >= 0.3 is 6.03 Å². The summed E-state index contributed by atoms with van der Waals surface area (Å²) in [5.41, 5.74) is 1.71. The van der Waals surface area contributed by atoms with Crippen molar-refractivity contribution in [3.05, 3.63) is 34.6 Å². The number of aromatic nitrogens is 2. The molecule has 0 radical (unpaired) electrons. The van der Waals surface area contributed by atoms with E-state index in [-0.39, 0.29) is 29.0 Å². The minimum atomic E-state index is -0.220. The Hall–Kier alpha value is -2.41. The number of benzene rings is 1. The minimum Gasteiger partial charge on any atom is -0.336 e. The van der Waals surface area contributed by atoms with E-state index in [4.69, 9.17) is 4.98 Å².